The normalized spacial score (nSPS) is 14.5. The first-order valence-corrected chi connectivity index (χ1v) is 6.37. The van der Waals surface area contributed by atoms with Gasteiger partial charge in [-0.1, -0.05) is 18.2 Å². The fourth-order valence-corrected chi connectivity index (χ4v) is 2.28. The Labute approximate surface area is 112 Å². The Morgan fingerprint density at radius 1 is 1.21 bits per heavy atom. The minimum atomic E-state index is 0.140. The highest BCUT2D eigenvalue weighted by molar-refractivity contribution is 5.98. The van der Waals surface area contributed by atoms with Crippen LogP contribution in [0.4, 0.5) is 11.4 Å². The minimum absolute atomic E-state index is 0.140. The average molecular weight is 253 g/mol. The Morgan fingerprint density at radius 3 is 2.95 bits per heavy atom. The zero-order chi connectivity index (χ0) is 13.1. The predicted molar refractivity (Wildman–Crippen MR) is 75.0 cm³/mol. The first-order valence-electron chi connectivity index (χ1n) is 6.37. The molecule has 19 heavy (non-hydrogen) atoms. The summed E-state index contributed by atoms with van der Waals surface area (Å²) >= 11 is 0. The number of carbonyl (C=O) groups is 1. The van der Waals surface area contributed by atoms with Crippen molar-refractivity contribution >= 4 is 17.3 Å². The second kappa shape index (κ2) is 5.10. The summed E-state index contributed by atoms with van der Waals surface area (Å²) < 4.78 is 0. The topological polar surface area (TPSA) is 45.2 Å². The highest BCUT2D eigenvalue weighted by atomic mass is 16.2. The highest BCUT2D eigenvalue weighted by Crippen LogP contribution is 2.29. The molecule has 0 bridgehead atoms. The van der Waals surface area contributed by atoms with E-state index >= 15 is 0 Å². The summed E-state index contributed by atoms with van der Waals surface area (Å²) in [4.78, 5) is 18.2. The van der Waals surface area contributed by atoms with Gasteiger partial charge >= 0.3 is 0 Å². The number of hydrogen-bond acceptors (Lipinski definition) is 3. The van der Waals surface area contributed by atoms with E-state index < -0.39 is 0 Å². The van der Waals surface area contributed by atoms with Gasteiger partial charge in [0.15, 0.2) is 0 Å². The first-order chi connectivity index (χ1) is 9.34. The molecule has 0 spiro atoms. The minimum Gasteiger partial charge on any atom is -0.383 e. The van der Waals surface area contributed by atoms with Gasteiger partial charge in [-0.05, 0) is 23.8 Å². The molecule has 2 aromatic rings. The molecule has 4 heteroatoms. The largest absolute Gasteiger partial charge is 0.383 e. The van der Waals surface area contributed by atoms with Gasteiger partial charge in [0.05, 0.1) is 17.9 Å². The number of rotatable bonds is 2. The van der Waals surface area contributed by atoms with E-state index in [9.17, 15) is 4.79 Å². The lowest BCUT2D eigenvalue weighted by Gasteiger charge is -2.22. The van der Waals surface area contributed by atoms with Crippen LogP contribution < -0.4 is 10.2 Å². The number of anilines is 2. The third kappa shape index (κ3) is 2.42. The predicted octanol–water partition coefficient (Wildman–Crippen LogP) is 2.43. The average Bonchev–Trinajstić information content (AvgIpc) is 2.61. The van der Waals surface area contributed by atoms with Crippen molar-refractivity contribution < 1.29 is 4.79 Å². The molecular formula is C15H15N3O. The number of nitrogens with one attached hydrogen (secondary N) is 1. The van der Waals surface area contributed by atoms with Gasteiger partial charge in [-0.15, -0.1) is 0 Å². The Bertz CT molecular complexity index is 583. The molecule has 4 nitrogen and oxygen atoms in total. The molecule has 0 radical (unpaired) electrons. The van der Waals surface area contributed by atoms with E-state index in [4.69, 9.17) is 0 Å². The summed E-state index contributed by atoms with van der Waals surface area (Å²) in [5, 5.41) is 3.29. The molecule has 0 unspecified atom stereocenters. The molecule has 1 aromatic carbocycles. The van der Waals surface area contributed by atoms with Crippen molar-refractivity contribution in [2.75, 3.05) is 16.8 Å². The van der Waals surface area contributed by atoms with Crippen LogP contribution in [-0.4, -0.2) is 17.4 Å². The quantitative estimate of drug-likeness (QED) is 0.894. The standard InChI is InChI=1S/C15H15N3O/c19-15-7-9-17-13-5-1-2-6-14(13)18(15)11-12-4-3-8-16-10-12/h1-6,8,10,17H,7,9,11H2. The molecule has 0 fully saturated rings. The van der Waals surface area contributed by atoms with E-state index in [0.717, 1.165) is 16.9 Å². The maximum atomic E-state index is 12.2. The Morgan fingerprint density at radius 2 is 2.11 bits per heavy atom. The smallest absolute Gasteiger partial charge is 0.229 e. The lowest BCUT2D eigenvalue weighted by Crippen LogP contribution is -2.29. The van der Waals surface area contributed by atoms with Crippen molar-refractivity contribution in [1.29, 1.82) is 0 Å². The summed E-state index contributed by atoms with van der Waals surface area (Å²) in [5.41, 5.74) is 2.98. The maximum Gasteiger partial charge on any atom is 0.229 e. The third-order valence-corrected chi connectivity index (χ3v) is 3.21. The van der Waals surface area contributed by atoms with Crippen molar-refractivity contribution in [2.24, 2.45) is 0 Å². The number of benzene rings is 1. The number of amides is 1. The number of carbonyl (C=O) groups excluding carboxylic acids is 1. The maximum absolute atomic E-state index is 12.2. The molecular weight excluding hydrogens is 238 g/mol. The molecule has 3 rings (SSSR count). The van der Waals surface area contributed by atoms with E-state index in [1.807, 2.05) is 41.3 Å². The molecule has 1 aliphatic heterocycles. The van der Waals surface area contributed by atoms with Gasteiger partial charge < -0.3 is 10.2 Å². The molecule has 0 saturated carbocycles. The summed E-state index contributed by atoms with van der Waals surface area (Å²) in [5.74, 6) is 0.140. The van der Waals surface area contributed by atoms with Crippen LogP contribution >= 0.6 is 0 Å². The SMILES string of the molecule is O=C1CCNc2ccccc2N1Cc1cccnc1. The number of nitrogens with zero attached hydrogens (tertiary/aromatic N) is 2. The number of hydrogen-bond donors (Lipinski definition) is 1. The van der Waals surface area contributed by atoms with Gasteiger partial charge in [-0.25, -0.2) is 0 Å². The van der Waals surface area contributed by atoms with Crippen LogP contribution in [0.2, 0.25) is 0 Å². The summed E-state index contributed by atoms with van der Waals surface area (Å²) in [6, 6.07) is 11.8. The Hall–Kier alpha value is -2.36. The lowest BCUT2D eigenvalue weighted by atomic mass is 10.2. The zero-order valence-corrected chi connectivity index (χ0v) is 10.5. The van der Waals surface area contributed by atoms with E-state index in [2.05, 4.69) is 10.3 Å². The van der Waals surface area contributed by atoms with Crippen LogP contribution in [0, 0.1) is 0 Å². The fraction of sp³-hybridized carbons (Fsp3) is 0.200. The van der Waals surface area contributed by atoms with Gasteiger partial charge in [-0.2, -0.15) is 0 Å². The van der Waals surface area contributed by atoms with E-state index in [0.29, 0.717) is 19.5 Å². The molecule has 1 aromatic heterocycles. The van der Waals surface area contributed by atoms with Crippen LogP contribution in [0.25, 0.3) is 0 Å². The zero-order valence-electron chi connectivity index (χ0n) is 10.5. The number of fused-ring (bicyclic) bond motifs is 1. The monoisotopic (exact) mass is 253 g/mol. The van der Waals surface area contributed by atoms with Crippen LogP contribution in [0.5, 0.6) is 0 Å². The van der Waals surface area contributed by atoms with Crippen LogP contribution in [0.1, 0.15) is 12.0 Å². The lowest BCUT2D eigenvalue weighted by molar-refractivity contribution is -0.118. The second-order valence-corrected chi connectivity index (χ2v) is 4.54. The van der Waals surface area contributed by atoms with Crippen molar-refractivity contribution in [3.05, 3.63) is 54.4 Å². The molecule has 1 N–H and O–H groups in total. The summed E-state index contributed by atoms with van der Waals surface area (Å²) in [6.07, 6.45) is 4.05. The van der Waals surface area contributed by atoms with Crippen molar-refractivity contribution in [2.45, 2.75) is 13.0 Å². The highest BCUT2D eigenvalue weighted by Gasteiger charge is 2.21. The first kappa shape index (κ1) is 11.7. The van der Waals surface area contributed by atoms with E-state index in [-0.39, 0.29) is 5.91 Å². The van der Waals surface area contributed by atoms with Crippen molar-refractivity contribution in [3.63, 3.8) is 0 Å². The summed E-state index contributed by atoms with van der Waals surface area (Å²) in [6.45, 7) is 1.24. The number of aromatic nitrogens is 1. The Balaban J connectivity index is 1.96. The molecule has 0 atom stereocenters. The molecule has 1 aliphatic rings. The fourth-order valence-electron chi connectivity index (χ4n) is 2.28. The number of pyridine rings is 1. The molecule has 0 aliphatic carbocycles. The molecule has 2 heterocycles. The van der Waals surface area contributed by atoms with Gasteiger partial charge in [0.25, 0.3) is 0 Å². The molecule has 1 amide bonds. The van der Waals surface area contributed by atoms with E-state index in [1.165, 1.54) is 0 Å². The van der Waals surface area contributed by atoms with Crippen molar-refractivity contribution in [1.82, 2.24) is 4.98 Å². The van der Waals surface area contributed by atoms with Crippen molar-refractivity contribution in [3.8, 4) is 0 Å². The molecule has 96 valence electrons. The second-order valence-electron chi connectivity index (χ2n) is 4.54. The number of para-hydroxylation sites is 2. The van der Waals surface area contributed by atoms with Crippen LogP contribution in [0.15, 0.2) is 48.8 Å². The summed E-state index contributed by atoms with van der Waals surface area (Å²) in [7, 11) is 0. The van der Waals surface area contributed by atoms with Gasteiger partial charge in [-0.3, -0.25) is 9.78 Å². The third-order valence-electron chi connectivity index (χ3n) is 3.21. The van der Waals surface area contributed by atoms with Gasteiger partial charge in [0.1, 0.15) is 0 Å². The van der Waals surface area contributed by atoms with Crippen LogP contribution in [-0.2, 0) is 11.3 Å². The van der Waals surface area contributed by atoms with Gasteiger partial charge in [0.2, 0.25) is 5.91 Å². The Kier molecular flexibility index (Phi) is 3.14. The molecule has 0 saturated heterocycles. The van der Waals surface area contributed by atoms with Crippen LogP contribution in [0.3, 0.4) is 0 Å². The van der Waals surface area contributed by atoms with E-state index in [1.54, 1.807) is 12.4 Å². The van der Waals surface area contributed by atoms with Gasteiger partial charge in [0, 0.05) is 25.4 Å².